The van der Waals surface area contributed by atoms with Crippen LogP contribution in [0.25, 0.3) is 0 Å². The van der Waals surface area contributed by atoms with Gasteiger partial charge in [-0.1, -0.05) is 0 Å². The summed E-state index contributed by atoms with van der Waals surface area (Å²) in [5.74, 6) is -1.55. The molecule has 1 aromatic heterocycles. The first-order valence-electron chi connectivity index (χ1n) is 4.46. The third-order valence-electron chi connectivity index (χ3n) is 2.06. The van der Waals surface area contributed by atoms with Crippen LogP contribution in [0.3, 0.4) is 0 Å². The molecule has 1 atom stereocenters. The lowest BCUT2D eigenvalue weighted by Gasteiger charge is -2.06. The second-order valence-corrected chi connectivity index (χ2v) is 3.33. The number of amides is 1. The maximum atomic E-state index is 11.5. The zero-order valence-electron chi connectivity index (χ0n) is 8.81. The maximum absolute atomic E-state index is 11.5. The molecule has 6 heteroatoms. The van der Waals surface area contributed by atoms with Crippen LogP contribution < -0.4 is 5.32 Å². The van der Waals surface area contributed by atoms with Crippen LogP contribution in [0.2, 0.25) is 0 Å². The number of carboxylic acids is 1. The fourth-order valence-electron chi connectivity index (χ4n) is 1.00. The van der Waals surface area contributed by atoms with Crippen molar-refractivity contribution in [1.29, 1.82) is 0 Å². The number of nitrogens with zero attached hydrogens (tertiary/aromatic N) is 2. The first-order valence-corrected chi connectivity index (χ1v) is 4.46. The number of carbonyl (C=O) groups excluding carboxylic acids is 1. The summed E-state index contributed by atoms with van der Waals surface area (Å²) in [6.45, 7) is 3.21. The van der Waals surface area contributed by atoms with E-state index in [9.17, 15) is 9.59 Å². The first kappa shape index (κ1) is 11.2. The van der Waals surface area contributed by atoms with Crippen molar-refractivity contribution < 1.29 is 14.7 Å². The molecule has 0 fully saturated rings. The smallest absolute Gasteiger partial charge is 0.325 e. The first-order chi connectivity index (χ1) is 6.91. The number of hydrogen-bond donors (Lipinski definition) is 2. The van der Waals surface area contributed by atoms with E-state index in [1.165, 1.54) is 6.92 Å². The largest absolute Gasteiger partial charge is 0.480 e. The summed E-state index contributed by atoms with van der Waals surface area (Å²) in [4.78, 5) is 22.0. The summed E-state index contributed by atoms with van der Waals surface area (Å²) in [5, 5.41) is 14.9. The number of carboxylic acid groups (broad SMARTS) is 1. The molecule has 0 spiro atoms. The Kier molecular flexibility index (Phi) is 3.08. The van der Waals surface area contributed by atoms with Gasteiger partial charge in [0.15, 0.2) is 0 Å². The van der Waals surface area contributed by atoms with Gasteiger partial charge in [0, 0.05) is 12.7 Å². The van der Waals surface area contributed by atoms with Crippen molar-refractivity contribution >= 4 is 11.9 Å². The summed E-state index contributed by atoms with van der Waals surface area (Å²) in [6, 6.07) is 0.684. The Bertz CT molecular complexity index is 378. The third kappa shape index (κ3) is 2.55. The van der Waals surface area contributed by atoms with Crippen LogP contribution in [-0.2, 0) is 11.8 Å². The molecule has 6 nitrogen and oxygen atoms in total. The van der Waals surface area contributed by atoms with E-state index in [1.807, 2.05) is 6.92 Å². The van der Waals surface area contributed by atoms with Gasteiger partial charge in [-0.3, -0.25) is 14.3 Å². The Hall–Kier alpha value is -1.85. The molecule has 1 amide bonds. The lowest BCUT2D eigenvalue weighted by molar-refractivity contribution is -0.138. The summed E-state index contributed by atoms with van der Waals surface area (Å²) < 4.78 is 1.56. The van der Waals surface area contributed by atoms with Crippen LogP contribution in [0, 0.1) is 6.92 Å². The monoisotopic (exact) mass is 211 g/mol. The maximum Gasteiger partial charge on any atom is 0.325 e. The number of hydrogen-bond acceptors (Lipinski definition) is 3. The normalized spacial score (nSPS) is 12.2. The second-order valence-electron chi connectivity index (χ2n) is 3.33. The van der Waals surface area contributed by atoms with E-state index < -0.39 is 17.9 Å². The predicted octanol–water partition coefficient (Wildman–Crippen LogP) is -0.0686. The van der Waals surface area contributed by atoms with Crippen molar-refractivity contribution in [3.63, 3.8) is 0 Å². The van der Waals surface area contributed by atoms with Crippen LogP contribution in [0.4, 0.5) is 0 Å². The molecule has 0 saturated carbocycles. The Labute approximate surface area is 86.9 Å². The molecule has 15 heavy (non-hydrogen) atoms. The molecule has 1 aromatic rings. The minimum absolute atomic E-state index is 0.225. The van der Waals surface area contributed by atoms with Crippen molar-refractivity contribution in [3.05, 3.63) is 17.5 Å². The van der Waals surface area contributed by atoms with Crippen LogP contribution in [0.1, 0.15) is 23.1 Å². The van der Waals surface area contributed by atoms with E-state index >= 15 is 0 Å². The molecule has 0 aliphatic rings. The van der Waals surface area contributed by atoms with E-state index in [1.54, 1.807) is 17.8 Å². The van der Waals surface area contributed by atoms with E-state index in [2.05, 4.69) is 10.4 Å². The summed E-state index contributed by atoms with van der Waals surface area (Å²) in [7, 11) is 1.72. The standard InChI is InChI=1S/C9H13N3O3/c1-5-4-7(11-12(5)3)8(13)10-6(2)9(14)15/h4,6H,1-3H3,(H,10,13)(H,14,15)/t6-/m0/s1. The van der Waals surface area contributed by atoms with E-state index in [0.29, 0.717) is 0 Å². The highest BCUT2D eigenvalue weighted by molar-refractivity contribution is 5.94. The number of aliphatic carboxylic acids is 1. The number of aryl methyl sites for hydroxylation is 2. The molecule has 0 unspecified atom stereocenters. The van der Waals surface area contributed by atoms with Crippen LogP contribution >= 0.6 is 0 Å². The molecule has 0 aromatic carbocycles. The van der Waals surface area contributed by atoms with Gasteiger partial charge in [0.25, 0.3) is 5.91 Å². The van der Waals surface area contributed by atoms with Crippen LogP contribution in [-0.4, -0.2) is 32.8 Å². The average molecular weight is 211 g/mol. The van der Waals surface area contributed by atoms with Gasteiger partial charge >= 0.3 is 5.97 Å². The Morgan fingerprint density at radius 1 is 1.60 bits per heavy atom. The molecule has 0 radical (unpaired) electrons. The van der Waals surface area contributed by atoms with Gasteiger partial charge in [-0.2, -0.15) is 5.10 Å². The minimum atomic E-state index is -1.07. The molecule has 1 rings (SSSR count). The summed E-state index contributed by atoms with van der Waals surface area (Å²) in [6.07, 6.45) is 0. The second kappa shape index (κ2) is 4.12. The Morgan fingerprint density at radius 3 is 2.60 bits per heavy atom. The van der Waals surface area contributed by atoms with Crippen molar-refractivity contribution in [2.45, 2.75) is 19.9 Å². The average Bonchev–Trinajstić information content (AvgIpc) is 2.46. The topological polar surface area (TPSA) is 84.2 Å². The number of rotatable bonds is 3. The van der Waals surface area contributed by atoms with E-state index in [-0.39, 0.29) is 5.69 Å². The molecular formula is C9H13N3O3. The van der Waals surface area contributed by atoms with Crippen molar-refractivity contribution in [3.8, 4) is 0 Å². The number of nitrogens with one attached hydrogen (secondary N) is 1. The third-order valence-corrected chi connectivity index (χ3v) is 2.06. The van der Waals surface area contributed by atoms with Crippen LogP contribution in [0.5, 0.6) is 0 Å². The zero-order valence-corrected chi connectivity index (χ0v) is 8.81. The predicted molar refractivity (Wildman–Crippen MR) is 52.5 cm³/mol. The SMILES string of the molecule is Cc1cc(C(=O)N[C@@H](C)C(=O)O)nn1C. The van der Waals surface area contributed by atoms with E-state index in [0.717, 1.165) is 5.69 Å². The number of carbonyl (C=O) groups is 2. The molecular weight excluding hydrogens is 198 g/mol. The Morgan fingerprint density at radius 2 is 2.20 bits per heavy atom. The van der Waals surface area contributed by atoms with Gasteiger partial charge in [-0.15, -0.1) is 0 Å². The zero-order chi connectivity index (χ0) is 11.6. The Balaban J connectivity index is 2.73. The highest BCUT2D eigenvalue weighted by Crippen LogP contribution is 2.01. The molecule has 2 N–H and O–H groups in total. The van der Waals surface area contributed by atoms with E-state index in [4.69, 9.17) is 5.11 Å². The quantitative estimate of drug-likeness (QED) is 0.733. The molecule has 82 valence electrons. The fraction of sp³-hybridized carbons (Fsp3) is 0.444. The lowest BCUT2D eigenvalue weighted by atomic mass is 10.3. The van der Waals surface area contributed by atoms with Gasteiger partial charge in [0.1, 0.15) is 11.7 Å². The van der Waals surface area contributed by atoms with Crippen LogP contribution in [0.15, 0.2) is 6.07 Å². The van der Waals surface area contributed by atoms with Crippen molar-refractivity contribution in [1.82, 2.24) is 15.1 Å². The molecule has 0 aliphatic heterocycles. The molecule has 0 bridgehead atoms. The summed E-state index contributed by atoms with van der Waals surface area (Å²) in [5.41, 5.74) is 1.06. The highest BCUT2D eigenvalue weighted by atomic mass is 16.4. The van der Waals surface area contributed by atoms with Gasteiger partial charge in [-0.05, 0) is 19.9 Å². The van der Waals surface area contributed by atoms with Gasteiger partial charge < -0.3 is 10.4 Å². The van der Waals surface area contributed by atoms with Crippen molar-refractivity contribution in [2.24, 2.45) is 7.05 Å². The van der Waals surface area contributed by atoms with Crippen molar-refractivity contribution in [2.75, 3.05) is 0 Å². The fourth-order valence-corrected chi connectivity index (χ4v) is 1.00. The molecule has 1 heterocycles. The minimum Gasteiger partial charge on any atom is -0.480 e. The van der Waals surface area contributed by atoms with Gasteiger partial charge in [0.05, 0.1) is 0 Å². The van der Waals surface area contributed by atoms with Gasteiger partial charge in [-0.25, -0.2) is 0 Å². The lowest BCUT2D eigenvalue weighted by Crippen LogP contribution is -2.38. The van der Waals surface area contributed by atoms with Gasteiger partial charge in [0.2, 0.25) is 0 Å². The molecule has 0 saturated heterocycles. The summed E-state index contributed by atoms with van der Waals surface area (Å²) >= 11 is 0. The number of aromatic nitrogens is 2. The molecule has 0 aliphatic carbocycles. The highest BCUT2D eigenvalue weighted by Gasteiger charge is 2.17.